The maximum atomic E-state index is 10.2. The van der Waals surface area contributed by atoms with Crippen molar-refractivity contribution in [3.05, 3.63) is 103 Å². The first-order valence-electron chi connectivity index (χ1n) is 8.77. The van der Waals surface area contributed by atoms with E-state index in [0.717, 1.165) is 16.7 Å². The van der Waals surface area contributed by atoms with Crippen LogP contribution in [0.4, 0.5) is 0 Å². The molecule has 4 aromatic rings. The lowest BCUT2D eigenvalue weighted by atomic mass is 9.97. The highest BCUT2D eigenvalue weighted by Crippen LogP contribution is 2.32. The molecule has 0 bridgehead atoms. The molecule has 1 heteroatoms. The van der Waals surface area contributed by atoms with Gasteiger partial charge >= 0.3 is 0 Å². The van der Waals surface area contributed by atoms with Crippen LogP contribution in [-0.2, 0) is 0 Å². The van der Waals surface area contributed by atoms with Gasteiger partial charge in [0.25, 0.3) is 0 Å². The van der Waals surface area contributed by atoms with Crippen molar-refractivity contribution < 1.29 is 5.11 Å². The van der Waals surface area contributed by atoms with E-state index in [-0.39, 0.29) is 0 Å². The van der Waals surface area contributed by atoms with Gasteiger partial charge in [-0.1, -0.05) is 91.0 Å². The van der Waals surface area contributed by atoms with Gasteiger partial charge in [0.2, 0.25) is 0 Å². The topological polar surface area (TPSA) is 20.2 Å². The predicted octanol–water partition coefficient (Wildman–Crippen LogP) is 6.70. The van der Waals surface area contributed by atoms with Crippen LogP contribution in [0, 0.1) is 6.92 Å². The first kappa shape index (κ1) is 16.2. The molecule has 1 N–H and O–H groups in total. The molecule has 26 heavy (non-hydrogen) atoms. The lowest BCUT2D eigenvalue weighted by Crippen LogP contribution is -1.83. The summed E-state index contributed by atoms with van der Waals surface area (Å²) in [5.41, 5.74) is 7.74. The van der Waals surface area contributed by atoms with Gasteiger partial charge in [-0.15, -0.1) is 0 Å². The summed E-state index contributed by atoms with van der Waals surface area (Å²) in [5, 5.41) is 10.2. The Balaban J connectivity index is 1.61. The lowest BCUT2D eigenvalue weighted by molar-refractivity contribution is 0.477. The van der Waals surface area contributed by atoms with Gasteiger partial charge in [-0.05, 0) is 46.4 Å². The summed E-state index contributed by atoms with van der Waals surface area (Å²) in [5.74, 6) is 0.324. The summed E-state index contributed by atoms with van der Waals surface area (Å²) in [7, 11) is 0. The predicted molar refractivity (Wildman–Crippen MR) is 109 cm³/mol. The van der Waals surface area contributed by atoms with Crippen LogP contribution >= 0.6 is 0 Å². The van der Waals surface area contributed by atoms with Gasteiger partial charge in [-0.25, -0.2) is 0 Å². The maximum absolute atomic E-state index is 10.2. The quantitative estimate of drug-likeness (QED) is 0.441. The fourth-order valence-corrected chi connectivity index (χ4v) is 3.21. The number of hydrogen-bond donors (Lipinski definition) is 1. The molecule has 0 aliphatic rings. The minimum Gasteiger partial charge on any atom is -0.507 e. The molecule has 0 radical (unpaired) electrons. The Kier molecular flexibility index (Phi) is 4.28. The summed E-state index contributed by atoms with van der Waals surface area (Å²) < 4.78 is 0. The number of rotatable bonds is 3. The molecule has 4 rings (SSSR count). The van der Waals surface area contributed by atoms with Crippen LogP contribution in [0.5, 0.6) is 5.75 Å². The van der Waals surface area contributed by atoms with Crippen molar-refractivity contribution in [3.63, 3.8) is 0 Å². The molecule has 0 amide bonds. The highest BCUT2D eigenvalue weighted by Gasteiger charge is 2.05. The zero-order chi connectivity index (χ0) is 17.9. The largest absolute Gasteiger partial charge is 0.507 e. The van der Waals surface area contributed by atoms with Gasteiger partial charge in [0.15, 0.2) is 0 Å². The Labute approximate surface area is 154 Å². The average Bonchev–Trinajstić information content (AvgIpc) is 2.69. The molecular weight excluding hydrogens is 316 g/mol. The van der Waals surface area contributed by atoms with E-state index in [2.05, 4.69) is 72.8 Å². The molecule has 0 fully saturated rings. The van der Waals surface area contributed by atoms with Crippen molar-refractivity contribution >= 4 is 0 Å². The van der Waals surface area contributed by atoms with Crippen LogP contribution in [0.2, 0.25) is 0 Å². The van der Waals surface area contributed by atoms with E-state index in [1.807, 2.05) is 25.1 Å². The lowest BCUT2D eigenvalue weighted by Gasteiger charge is -2.08. The molecule has 0 spiro atoms. The molecule has 0 aliphatic carbocycles. The van der Waals surface area contributed by atoms with Crippen molar-refractivity contribution in [3.8, 4) is 39.1 Å². The second-order valence-corrected chi connectivity index (χ2v) is 6.54. The highest BCUT2D eigenvalue weighted by molar-refractivity contribution is 5.75. The molecule has 0 saturated carbocycles. The fourth-order valence-electron chi connectivity index (χ4n) is 3.21. The minimum absolute atomic E-state index is 0.324. The number of aromatic hydroxyl groups is 1. The standard InChI is InChI=1S/C25H20O/c1-18-7-16-24(25(26)17-18)23-14-12-22(13-15-23)21-10-8-20(9-11-21)19-5-3-2-4-6-19/h2-17,26H,1H3. The molecule has 4 aromatic carbocycles. The van der Waals surface area contributed by atoms with E-state index >= 15 is 0 Å². The second kappa shape index (κ2) is 6.89. The SMILES string of the molecule is Cc1ccc(-c2ccc(-c3ccc(-c4ccccc4)cc3)cc2)c(O)c1. The normalized spacial score (nSPS) is 10.7. The van der Waals surface area contributed by atoms with E-state index in [0.29, 0.717) is 5.75 Å². The van der Waals surface area contributed by atoms with Gasteiger partial charge in [-0.2, -0.15) is 0 Å². The van der Waals surface area contributed by atoms with Crippen LogP contribution in [0.1, 0.15) is 5.56 Å². The van der Waals surface area contributed by atoms with Crippen molar-refractivity contribution in [2.24, 2.45) is 0 Å². The zero-order valence-corrected chi connectivity index (χ0v) is 14.7. The third-order valence-corrected chi connectivity index (χ3v) is 4.67. The second-order valence-electron chi connectivity index (χ2n) is 6.54. The number of phenolic OH excluding ortho intramolecular Hbond substituents is 1. The van der Waals surface area contributed by atoms with Crippen LogP contribution in [0.15, 0.2) is 97.1 Å². The summed E-state index contributed by atoms with van der Waals surface area (Å²) in [6, 6.07) is 33.1. The van der Waals surface area contributed by atoms with Gasteiger partial charge in [0.05, 0.1) is 0 Å². The number of hydrogen-bond acceptors (Lipinski definition) is 1. The first-order valence-corrected chi connectivity index (χ1v) is 8.77. The van der Waals surface area contributed by atoms with Crippen LogP contribution in [-0.4, -0.2) is 5.11 Å². The third-order valence-electron chi connectivity index (χ3n) is 4.67. The molecule has 1 nitrogen and oxygen atoms in total. The Hall–Kier alpha value is -3.32. The summed E-state index contributed by atoms with van der Waals surface area (Å²) in [6.45, 7) is 1.98. The minimum atomic E-state index is 0.324. The Morgan fingerprint density at radius 3 is 1.46 bits per heavy atom. The van der Waals surface area contributed by atoms with Gasteiger partial charge in [0.1, 0.15) is 5.75 Å². The van der Waals surface area contributed by atoms with E-state index in [9.17, 15) is 5.11 Å². The first-order chi connectivity index (χ1) is 12.7. The van der Waals surface area contributed by atoms with E-state index < -0.39 is 0 Å². The summed E-state index contributed by atoms with van der Waals surface area (Å²) >= 11 is 0. The molecule has 0 heterocycles. The average molecular weight is 336 g/mol. The van der Waals surface area contributed by atoms with Gasteiger partial charge < -0.3 is 5.11 Å². The Morgan fingerprint density at radius 2 is 0.962 bits per heavy atom. The van der Waals surface area contributed by atoms with Gasteiger partial charge in [-0.3, -0.25) is 0 Å². The monoisotopic (exact) mass is 336 g/mol. The number of benzene rings is 4. The zero-order valence-electron chi connectivity index (χ0n) is 14.7. The molecule has 126 valence electrons. The molecular formula is C25H20O. The molecule has 0 aliphatic heterocycles. The Bertz CT molecular complexity index is 1010. The molecule has 0 atom stereocenters. The molecule has 0 saturated heterocycles. The van der Waals surface area contributed by atoms with Crippen LogP contribution < -0.4 is 0 Å². The molecule has 0 unspecified atom stereocenters. The summed E-state index contributed by atoms with van der Waals surface area (Å²) in [6.07, 6.45) is 0. The van der Waals surface area contributed by atoms with E-state index in [1.165, 1.54) is 22.3 Å². The van der Waals surface area contributed by atoms with Crippen molar-refractivity contribution in [1.29, 1.82) is 0 Å². The summed E-state index contributed by atoms with van der Waals surface area (Å²) in [4.78, 5) is 0. The number of phenols is 1. The highest BCUT2D eigenvalue weighted by atomic mass is 16.3. The van der Waals surface area contributed by atoms with Crippen molar-refractivity contribution in [1.82, 2.24) is 0 Å². The van der Waals surface area contributed by atoms with Crippen molar-refractivity contribution in [2.45, 2.75) is 6.92 Å². The third kappa shape index (κ3) is 3.25. The van der Waals surface area contributed by atoms with Crippen LogP contribution in [0.25, 0.3) is 33.4 Å². The Morgan fingerprint density at radius 1 is 0.500 bits per heavy atom. The fraction of sp³-hybridized carbons (Fsp3) is 0.0400. The smallest absolute Gasteiger partial charge is 0.123 e. The number of aryl methyl sites for hydroxylation is 1. The van der Waals surface area contributed by atoms with Crippen molar-refractivity contribution in [2.75, 3.05) is 0 Å². The van der Waals surface area contributed by atoms with E-state index in [4.69, 9.17) is 0 Å². The molecule has 0 aromatic heterocycles. The maximum Gasteiger partial charge on any atom is 0.123 e. The van der Waals surface area contributed by atoms with Gasteiger partial charge in [0, 0.05) is 5.56 Å². The van der Waals surface area contributed by atoms with E-state index in [1.54, 1.807) is 6.07 Å². The van der Waals surface area contributed by atoms with Crippen LogP contribution in [0.3, 0.4) is 0 Å².